The third kappa shape index (κ3) is 3.84. The Balaban J connectivity index is 1.78. The van der Waals surface area contributed by atoms with Crippen LogP contribution in [0.2, 0.25) is 0 Å². The first-order chi connectivity index (χ1) is 9.60. The topological polar surface area (TPSA) is 57.8 Å². The Morgan fingerprint density at radius 2 is 2.00 bits per heavy atom. The average Bonchev–Trinajstić information content (AvgIpc) is 2.73. The van der Waals surface area contributed by atoms with Crippen LogP contribution in [0.3, 0.4) is 0 Å². The fraction of sp³-hybridized carbons (Fsp3) is 0.750. The number of carbonyl (C=O) groups is 1. The molecule has 0 saturated heterocycles. The lowest BCUT2D eigenvalue weighted by Crippen LogP contribution is -2.38. The fourth-order valence-electron chi connectivity index (χ4n) is 3.28. The van der Waals surface area contributed by atoms with E-state index in [9.17, 15) is 4.79 Å². The SMILES string of the molecule is CCCC1CCC(NC(=O)Cc2c(C)n[nH]c2C)CC1. The maximum absolute atomic E-state index is 12.1. The standard InChI is InChI=1S/C16H27N3O/c1-4-5-13-6-8-14(9-7-13)17-16(20)10-15-11(2)18-19-12(15)3/h13-14H,4-10H2,1-3H3,(H,17,20)(H,18,19). The van der Waals surface area contributed by atoms with Gasteiger partial charge in [-0.2, -0.15) is 5.10 Å². The van der Waals surface area contributed by atoms with Crippen molar-refractivity contribution in [2.75, 3.05) is 0 Å². The van der Waals surface area contributed by atoms with E-state index in [1.54, 1.807) is 0 Å². The van der Waals surface area contributed by atoms with Gasteiger partial charge in [0.2, 0.25) is 5.91 Å². The molecule has 1 aromatic rings. The van der Waals surface area contributed by atoms with Gasteiger partial charge in [-0.15, -0.1) is 0 Å². The number of nitrogens with one attached hydrogen (secondary N) is 2. The number of nitrogens with zero attached hydrogens (tertiary/aromatic N) is 1. The van der Waals surface area contributed by atoms with Crippen LogP contribution in [0.25, 0.3) is 0 Å². The molecule has 0 unspecified atom stereocenters. The van der Waals surface area contributed by atoms with Crippen molar-refractivity contribution in [1.82, 2.24) is 15.5 Å². The van der Waals surface area contributed by atoms with Crippen LogP contribution in [0.1, 0.15) is 62.4 Å². The van der Waals surface area contributed by atoms with E-state index < -0.39 is 0 Å². The fourth-order valence-corrected chi connectivity index (χ4v) is 3.28. The van der Waals surface area contributed by atoms with Crippen LogP contribution in [0.4, 0.5) is 0 Å². The molecule has 0 atom stereocenters. The van der Waals surface area contributed by atoms with Crippen molar-refractivity contribution >= 4 is 5.91 Å². The smallest absolute Gasteiger partial charge is 0.224 e. The van der Waals surface area contributed by atoms with Gasteiger partial charge in [-0.25, -0.2) is 0 Å². The third-order valence-electron chi connectivity index (χ3n) is 4.53. The molecule has 1 fully saturated rings. The van der Waals surface area contributed by atoms with E-state index in [-0.39, 0.29) is 5.91 Å². The lowest BCUT2D eigenvalue weighted by molar-refractivity contribution is -0.121. The van der Waals surface area contributed by atoms with Gasteiger partial charge >= 0.3 is 0 Å². The first-order valence-corrected chi connectivity index (χ1v) is 7.90. The summed E-state index contributed by atoms with van der Waals surface area (Å²) >= 11 is 0. The maximum Gasteiger partial charge on any atom is 0.224 e. The van der Waals surface area contributed by atoms with Gasteiger partial charge in [0, 0.05) is 17.3 Å². The van der Waals surface area contributed by atoms with Crippen molar-refractivity contribution in [3.63, 3.8) is 0 Å². The van der Waals surface area contributed by atoms with Crippen LogP contribution < -0.4 is 5.32 Å². The highest BCUT2D eigenvalue weighted by atomic mass is 16.1. The summed E-state index contributed by atoms with van der Waals surface area (Å²) < 4.78 is 0. The highest BCUT2D eigenvalue weighted by Gasteiger charge is 2.22. The predicted molar refractivity (Wildman–Crippen MR) is 80.6 cm³/mol. The first-order valence-electron chi connectivity index (χ1n) is 7.90. The zero-order valence-corrected chi connectivity index (χ0v) is 13.0. The van der Waals surface area contributed by atoms with Crippen LogP contribution in [0.15, 0.2) is 0 Å². The number of carbonyl (C=O) groups excluding carboxylic acids is 1. The number of aromatic amines is 1. The van der Waals surface area contributed by atoms with Crippen LogP contribution in [0.5, 0.6) is 0 Å². The minimum atomic E-state index is 0.136. The summed E-state index contributed by atoms with van der Waals surface area (Å²) in [7, 11) is 0. The number of H-pyrrole nitrogens is 1. The van der Waals surface area contributed by atoms with Crippen molar-refractivity contribution in [3.05, 3.63) is 17.0 Å². The number of aryl methyl sites for hydroxylation is 2. The molecule has 0 spiro atoms. The number of amides is 1. The van der Waals surface area contributed by atoms with E-state index in [0.29, 0.717) is 12.5 Å². The monoisotopic (exact) mass is 277 g/mol. The van der Waals surface area contributed by atoms with E-state index >= 15 is 0 Å². The molecule has 2 N–H and O–H groups in total. The molecule has 0 aromatic carbocycles. The Kier molecular flexibility index (Phi) is 5.21. The van der Waals surface area contributed by atoms with E-state index in [4.69, 9.17) is 0 Å². The molecule has 1 aliphatic rings. The molecular formula is C16H27N3O. The highest BCUT2D eigenvalue weighted by molar-refractivity contribution is 5.79. The quantitative estimate of drug-likeness (QED) is 0.869. The van der Waals surface area contributed by atoms with Gasteiger partial charge in [0.05, 0.1) is 12.1 Å². The van der Waals surface area contributed by atoms with Gasteiger partial charge < -0.3 is 5.32 Å². The number of hydrogen-bond donors (Lipinski definition) is 2. The molecule has 4 nitrogen and oxygen atoms in total. The average molecular weight is 277 g/mol. The lowest BCUT2D eigenvalue weighted by atomic mass is 9.83. The molecule has 1 aliphatic carbocycles. The first kappa shape index (κ1) is 15.1. The highest BCUT2D eigenvalue weighted by Crippen LogP contribution is 2.27. The second kappa shape index (κ2) is 6.91. The van der Waals surface area contributed by atoms with E-state index in [1.165, 1.54) is 25.7 Å². The van der Waals surface area contributed by atoms with Crippen molar-refractivity contribution in [2.24, 2.45) is 5.92 Å². The Bertz CT molecular complexity index is 425. The number of aromatic nitrogens is 2. The third-order valence-corrected chi connectivity index (χ3v) is 4.53. The minimum absolute atomic E-state index is 0.136. The summed E-state index contributed by atoms with van der Waals surface area (Å²) in [6.45, 7) is 6.17. The zero-order chi connectivity index (χ0) is 14.5. The normalized spacial score (nSPS) is 22.8. The predicted octanol–water partition coefficient (Wildman–Crippen LogP) is 3.04. The summed E-state index contributed by atoms with van der Waals surface area (Å²) in [6.07, 6.45) is 7.88. The van der Waals surface area contributed by atoms with Gasteiger partial charge in [0.15, 0.2) is 0 Å². The second-order valence-corrected chi connectivity index (χ2v) is 6.16. The Morgan fingerprint density at radius 1 is 1.30 bits per heavy atom. The van der Waals surface area contributed by atoms with Crippen molar-refractivity contribution in [2.45, 2.75) is 71.8 Å². The molecule has 0 bridgehead atoms. The van der Waals surface area contributed by atoms with Gasteiger partial charge in [-0.1, -0.05) is 19.8 Å². The number of hydrogen-bond acceptors (Lipinski definition) is 2. The van der Waals surface area contributed by atoms with Crippen LogP contribution in [0, 0.1) is 19.8 Å². The van der Waals surface area contributed by atoms with Crippen molar-refractivity contribution in [1.29, 1.82) is 0 Å². The van der Waals surface area contributed by atoms with Crippen molar-refractivity contribution < 1.29 is 4.79 Å². The molecule has 1 aromatic heterocycles. The molecule has 1 heterocycles. The summed E-state index contributed by atoms with van der Waals surface area (Å²) in [5.74, 6) is 1.02. The molecule has 0 radical (unpaired) electrons. The van der Waals surface area contributed by atoms with Gasteiger partial charge in [-0.05, 0) is 45.4 Å². The summed E-state index contributed by atoms with van der Waals surface area (Å²) in [5, 5.41) is 10.3. The summed E-state index contributed by atoms with van der Waals surface area (Å²) in [4.78, 5) is 12.1. The molecule has 1 amide bonds. The van der Waals surface area contributed by atoms with E-state index in [1.807, 2.05) is 13.8 Å². The van der Waals surface area contributed by atoms with E-state index in [2.05, 4.69) is 22.4 Å². The lowest BCUT2D eigenvalue weighted by Gasteiger charge is -2.29. The Morgan fingerprint density at radius 3 is 2.55 bits per heavy atom. The largest absolute Gasteiger partial charge is 0.353 e. The van der Waals surface area contributed by atoms with E-state index in [0.717, 1.165) is 35.7 Å². The Labute approximate surface area is 121 Å². The second-order valence-electron chi connectivity index (χ2n) is 6.16. The minimum Gasteiger partial charge on any atom is -0.353 e. The zero-order valence-electron chi connectivity index (χ0n) is 13.0. The van der Waals surface area contributed by atoms with Gasteiger partial charge in [-0.3, -0.25) is 9.89 Å². The maximum atomic E-state index is 12.1. The Hall–Kier alpha value is -1.32. The molecule has 1 saturated carbocycles. The molecular weight excluding hydrogens is 250 g/mol. The summed E-state index contributed by atoms with van der Waals surface area (Å²) in [5.41, 5.74) is 2.98. The van der Waals surface area contributed by atoms with Gasteiger partial charge in [0.25, 0.3) is 0 Å². The van der Waals surface area contributed by atoms with Gasteiger partial charge in [0.1, 0.15) is 0 Å². The molecule has 4 heteroatoms. The number of rotatable bonds is 5. The van der Waals surface area contributed by atoms with Crippen LogP contribution in [-0.4, -0.2) is 22.1 Å². The van der Waals surface area contributed by atoms with Crippen LogP contribution in [-0.2, 0) is 11.2 Å². The molecule has 112 valence electrons. The molecule has 2 rings (SSSR count). The summed E-state index contributed by atoms with van der Waals surface area (Å²) in [6, 6.07) is 0.378. The van der Waals surface area contributed by atoms with Crippen LogP contribution >= 0.6 is 0 Å². The molecule has 0 aliphatic heterocycles. The van der Waals surface area contributed by atoms with Crippen molar-refractivity contribution in [3.8, 4) is 0 Å². The molecule has 20 heavy (non-hydrogen) atoms.